The molecule has 1 unspecified atom stereocenters. The number of ether oxygens (including phenoxy) is 1. The van der Waals surface area contributed by atoms with Crippen LogP contribution >= 0.6 is 0 Å². The first-order valence-electron chi connectivity index (χ1n) is 5.43. The smallest absolute Gasteiger partial charge is 0.328 e. The van der Waals surface area contributed by atoms with Crippen LogP contribution in [0.15, 0.2) is 18.2 Å². The number of rotatable bonds is 2. The molecule has 1 aromatic rings. The summed E-state index contributed by atoms with van der Waals surface area (Å²) in [6, 6.07) is 3.25. The summed E-state index contributed by atoms with van der Waals surface area (Å²) in [7, 11) is 1.32. The van der Waals surface area contributed by atoms with Gasteiger partial charge in [-0.1, -0.05) is 0 Å². The Kier molecular flexibility index (Phi) is 3.26. The molecule has 1 atom stereocenters. The van der Waals surface area contributed by atoms with Crippen molar-refractivity contribution < 1.29 is 18.3 Å². The molecule has 5 heteroatoms. The van der Waals surface area contributed by atoms with E-state index in [1.807, 2.05) is 0 Å². The largest absolute Gasteiger partial charge is 0.467 e. The van der Waals surface area contributed by atoms with Gasteiger partial charge < -0.3 is 9.64 Å². The summed E-state index contributed by atoms with van der Waals surface area (Å²) in [5, 5.41) is 0. The van der Waals surface area contributed by atoms with Gasteiger partial charge in [0.2, 0.25) is 0 Å². The molecule has 1 aromatic carbocycles. The third-order valence-electron chi connectivity index (χ3n) is 2.96. The SMILES string of the molecule is COC(=O)C1CCCN1c1ccc(F)c(F)c1. The molecule has 2 rings (SSSR count). The first-order chi connectivity index (χ1) is 8.13. The van der Waals surface area contributed by atoms with Crippen LogP contribution in [0.3, 0.4) is 0 Å². The molecule has 1 saturated heterocycles. The fraction of sp³-hybridized carbons (Fsp3) is 0.417. The molecule has 3 nitrogen and oxygen atoms in total. The number of carbonyl (C=O) groups excluding carboxylic acids is 1. The van der Waals surface area contributed by atoms with E-state index in [2.05, 4.69) is 0 Å². The summed E-state index contributed by atoms with van der Waals surface area (Å²) < 4.78 is 30.6. The predicted octanol–water partition coefficient (Wildman–Crippen LogP) is 2.11. The summed E-state index contributed by atoms with van der Waals surface area (Å²) in [5.41, 5.74) is 0.511. The van der Waals surface area contributed by atoms with Gasteiger partial charge in [0.25, 0.3) is 0 Å². The monoisotopic (exact) mass is 241 g/mol. The van der Waals surface area contributed by atoms with Crippen molar-refractivity contribution in [3.05, 3.63) is 29.8 Å². The van der Waals surface area contributed by atoms with Gasteiger partial charge in [-0.3, -0.25) is 0 Å². The maximum Gasteiger partial charge on any atom is 0.328 e. The number of hydrogen-bond acceptors (Lipinski definition) is 3. The molecule has 1 aliphatic heterocycles. The standard InChI is InChI=1S/C12H13F2NO2/c1-17-12(16)11-3-2-6-15(11)8-4-5-9(13)10(14)7-8/h4-5,7,11H,2-3,6H2,1H3. The van der Waals surface area contributed by atoms with Crippen LogP contribution in [0.25, 0.3) is 0 Å². The van der Waals surface area contributed by atoms with Crippen molar-refractivity contribution in [3.8, 4) is 0 Å². The van der Waals surface area contributed by atoms with Crippen LogP contribution in [0.1, 0.15) is 12.8 Å². The summed E-state index contributed by atoms with van der Waals surface area (Å²) in [5.74, 6) is -2.13. The van der Waals surface area contributed by atoms with Gasteiger partial charge in [-0.15, -0.1) is 0 Å². The van der Waals surface area contributed by atoms with E-state index in [0.29, 0.717) is 18.7 Å². The molecule has 0 amide bonds. The molecule has 0 spiro atoms. The highest BCUT2D eigenvalue weighted by Crippen LogP contribution is 2.27. The van der Waals surface area contributed by atoms with Gasteiger partial charge >= 0.3 is 5.97 Å². The van der Waals surface area contributed by atoms with Crippen LogP contribution in [0.2, 0.25) is 0 Å². The van der Waals surface area contributed by atoms with Gasteiger partial charge in [-0.25, -0.2) is 13.6 Å². The highest BCUT2D eigenvalue weighted by molar-refractivity contribution is 5.80. The predicted molar refractivity (Wildman–Crippen MR) is 58.7 cm³/mol. The second-order valence-electron chi connectivity index (χ2n) is 3.97. The molecule has 0 radical (unpaired) electrons. The maximum atomic E-state index is 13.1. The van der Waals surface area contributed by atoms with Gasteiger partial charge in [0, 0.05) is 18.3 Å². The Morgan fingerprint density at radius 3 is 2.82 bits per heavy atom. The van der Waals surface area contributed by atoms with E-state index in [0.717, 1.165) is 18.6 Å². The minimum Gasteiger partial charge on any atom is -0.467 e. The first-order valence-corrected chi connectivity index (χ1v) is 5.43. The number of halogens is 2. The Morgan fingerprint density at radius 1 is 1.41 bits per heavy atom. The third kappa shape index (κ3) is 2.23. The lowest BCUT2D eigenvalue weighted by Gasteiger charge is -2.24. The molecule has 0 saturated carbocycles. The summed E-state index contributed by atoms with van der Waals surface area (Å²) >= 11 is 0. The second kappa shape index (κ2) is 4.69. The van der Waals surface area contributed by atoms with E-state index in [1.165, 1.54) is 13.2 Å². The topological polar surface area (TPSA) is 29.5 Å². The van der Waals surface area contributed by atoms with Crippen molar-refractivity contribution >= 4 is 11.7 Å². The van der Waals surface area contributed by atoms with Crippen LogP contribution in [-0.2, 0) is 9.53 Å². The van der Waals surface area contributed by atoms with Gasteiger partial charge in [0.05, 0.1) is 7.11 Å². The van der Waals surface area contributed by atoms with Crippen LogP contribution < -0.4 is 4.90 Å². The van der Waals surface area contributed by atoms with Gasteiger partial charge in [0.1, 0.15) is 6.04 Å². The lowest BCUT2D eigenvalue weighted by Crippen LogP contribution is -2.36. The lowest BCUT2D eigenvalue weighted by atomic mass is 10.2. The van der Waals surface area contributed by atoms with E-state index in [4.69, 9.17) is 4.74 Å². The molecule has 0 N–H and O–H groups in total. The van der Waals surface area contributed by atoms with E-state index in [1.54, 1.807) is 4.90 Å². The van der Waals surface area contributed by atoms with Crippen molar-refractivity contribution in [1.29, 1.82) is 0 Å². The summed E-state index contributed by atoms with van der Waals surface area (Å²) in [6.45, 7) is 0.644. The number of hydrogen-bond donors (Lipinski definition) is 0. The van der Waals surface area contributed by atoms with Crippen molar-refractivity contribution in [2.75, 3.05) is 18.6 Å². The molecule has 92 valence electrons. The van der Waals surface area contributed by atoms with Crippen LogP contribution in [-0.4, -0.2) is 25.7 Å². The van der Waals surface area contributed by atoms with Gasteiger partial charge in [-0.05, 0) is 25.0 Å². The Bertz CT molecular complexity index is 437. The minimum atomic E-state index is -0.905. The second-order valence-corrected chi connectivity index (χ2v) is 3.97. The zero-order valence-electron chi connectivity index (χ0n) is 9.45. The van der Waals surface area contributed by atoms with E-state index < -0.39 is 17.7 Å². The Hall–Kier alpha value is -1.65. The third-order valence-corrected chi connectivity index (χ3v) is 2.96. The summed E-state index contributed by atoms with van der Waals surface area (Å²) in [6.07, 6.45) is 1.50. The lowest BCUT2D eigenvalue weighted by molar-refractivity contribution is -0.141. The van der Waals surface area contributed by atoms with E-state index in [-0.39, 0.29) is 5.97 Å². The number of benzene rings is 1. The number of anilines is 1. The van der Waals surface area contributed by atoms with Crippen LogP contribution in [0.4, 0.5) is 14.5 Å². The van der Waals surface area contributed by atoms with Crippen molar-refractivity contribution in [3.63, 3.8) is 0 Å². The molecule has 0 bridgehead atoms. The Labute approximate surface area is 98.0 Å². The Balaban J connectivity index is 2.26. The molecular formula is C12H13F2NO2. The van der Waals surface area contributed by atoms with Gasteiger partial charge in [-0.2, -0.15) is 0 Å². The maximum absolute atomic E-state index is 13.1. The number of methoxy groups -OCH3 is 1. The number of esters is 1. The minimum absolute atomic E-state index is 0.341. The number of nitrogens with zero attached hydrogens (tertiary/aromatic N) is 1. The zero-order chi connectivity index (χ0) is 12.4. The van der Waals surface area contributed by atoms with E-state index in [9.17, 15) is 13.6 Å². The van der Waals surface area contributed by atoms with Crippen LogP contribution in [0, 0.1) is 11.6 Å². The summed E-state index contributed by atoms with van der Waals surface area (Å²) in [4.78, 5) is 13.3. The van der Waals surface area contributed by atoms with Crippen molar-refractivity contribution in [1.82, 2.24) is 0 Å². The highest BCUT2D eigenvalue weighted by atomic mass is 19.2. The molecular weight excluding hydrogens is 228 g/mol. The number of carbonyl (C=O) groups is 1. The quantitative estimate of drug-likeness (QED) is 0.743. The fourth-order valence-corrected chi connectivity index (χ4v) is 2.12. The molecule has 0 aromatic heterocycles. The average molecular weight is 241 g/mol. The molecule has 17 heavy (non-hydrogen) atoms. The van der Waals surface area contributed by atoms with Crippen LogP contribution in [0.5, 0.6) is 0 Å². The van der Waals surface area contributed by atoms with Crippen molar-refractivity contribution in [2.45, 2.75) is 18.9 Å². The Morgan fingerprint density at radius 2 is 2.18 bits per heavy atom. The van der Waals surface area contributed by atoms with E-state index >= 15 is 0 Å². The molecule has 0 aliphatic carbocycles. The van der Waals surface area contributed by atoms with Crippen molar-refractivity contribution in [2.24, 2.45) is 0 Å². The highest BCUT2D eigenvalue weighted by Gasteiger charge is 2.31. The molecule has 1 fully saturated rings. The van der Waals surface area contributed by atoms with Gasteiger partial charge in [0.15, 0.2) is 11.6 Å². The molecule has 1 aliphatic rings. The first kappa shape index (κ1) is 11.8. The fourth-order valence-electron chi connectivity index (χ4n) is 2.12. The molecule has 1 heterocycles. The average Bonchev–Trinajstić information content (AvgIpc) is 2.80. The normalized spacial score (nSPS) is 19.5. The zero-order valence-corrected chi connectivity index (χ0v) is 9.45.